The van der Waals surface area contributed by atoms with Crippen LogP contribution in [-0.4, -0.2) is 71.0 Å². The molecule has 192 valence electrons. The SMILES string of the molecule is Cc1ccccc1CN1CCOCC2(CC(=O)N(Cc3c(C)noc3C)C2)C1.O=C(O)C(F)(F)F. The Kier molecular flexibility index (Phi) is 8.22. The van der Waals surface area contributed by atoms with E-state index >= 15 is 0 Å². The number of carboxylic acid groups (broad SMARTS) is 1. The lowest BCUT2D eigenvalue weighted by atomic mass is 9.87. The molecule has 2 aromatic rings. The first kappa shape index (κ1) is 26.7. The summed E-state index contributed by atoms with van der Waals surface area (Å²) in [5.41, 5.74) is 4.40. The van der Waals surface area contributed by atoms with Crippen LogP contribution in [0.15, 0.2) is 28.8 Å². The summed E-state index contributed by atoms with van der Waals surface area (Å²) in [5.74, 6) is -1.77. The van der Waals surface area contributed by atoms with E-state index in [1.54, 1.807) is 0 Å². The van der Waals surface area contributed by atoms with Crippen molar-refractivity contribution in [2.75, 3.05) is 32.8 Å². The number of benzene rings is 1. The van der Waals surface area contributed by atoms with Crippen molar-refractivity contribution in [2.24, 2.45) is 5.41 Å². The number of aromatic nitrogens is 1. The zero-order valence-corrected chi connectivity index (χ0v) is 20.0. The molecule has 2 aliphatic rings. The minimum atomic E-state index is -5.08. The van der Waals surface area contributed by atoms with E-state index in [1.807, 2.05) is 18.7 Å². The maximum atomic E-state index is 12.8. The van der Waals surface area contributed by atoms with Crippen molar-refractivity contribution in [2.45, 2.75) is 46.5 Å². The van der Waals surface area contributed by atoms with Gasteiger partial charge in [0.25, 0.3) is 0 Å². The van der Waals surface area contributed by atoms with Crippen molar-refractivity contribution in [3.8, 4) is 0 Å². The van der Waals surface area contributed by atoms with Crippen LogP contribution in [0.4, 0.5) is 13.2 Å². The van der Waals surface area contributed by atoms with Crippen LogP contribution in [0.2, 0.25) is 0 Å². The van der Waals surface area contributed by atoms with Crippen molar-refractivity contribution < 1.29 is 37.1 Å². The number of amides is 1. The number of ether oxygens (including phenoxy) is 1. The Balaban J connectivity index is 0.000000429. The van der Waals surface area contributed by atoms with Crippen LogP contribution in [0.25, 0.3) is 0 Å². The van der Waals surface area contributed by atoms with Crippen LogP contribution < -0.4 is 0 Å². The van der Waals surface area contributed by atoms with Crippen molar-refractivity contribution in [1.82, 2.24) is 15.0 Å². The van der Waals surface area contributed by atoms with Gasteiger partial charge in [-0.25, -0.2) is 4.79 Å². The van der Waals surface area contributed by atoms with Gasteiger partial charge in [-0.2, -0.15) is 13.2 Å². The van der Waals surface area contributed by atoms with Crippen LogP contribution >= 0.6 is 0 Å². The number of carbonyl (C=O) groups excluding carboxylic acids is 1. The zero-order chi connectivity index (χ0) is 25.8. The number of carboxylic acids is 1. The Bertz CT molecular complexity index is 1040. The fourth-order valence-electron chi connectivity index (χ4n) is 4.49. The number of aliphatic carboxylic acids is 1. The predicted octanol–water partition coefficient (Wildman–Crippen LogP) is 3.48. The number of halogens is 3. The summed E-state index contributed by atoms with van der Waals surface area (Å²) < 4.78 is 43.0. The largest absolute Gasteiger partial charge is 0.490 e. The lowest BCUT2D eigenvalue weighted by Gasteiger charge is -2.31. The summed E-state index contributed by atoms with van der Waals surface area (Å²) in [4.78, 5) is 26.1. The number of carbonyl (C=O) groups is 2. The first-order valence-corrected chi connectivity index (χ1v) is 11.2. The molecule has 2 fully saturated rings. The van der Waals surface area contributed by atoms with Gasteiger partial charge in [-0.05, 0) is 31.9 Å². The topological polar surface area (TPSA) is 96.1 Å². The number of nitrogens with zero attached hydrogens (tertiary/aromatic N) is 3. The van der Waals surface area contributed by atoms with Crippen LogP contribution in [0, 0.1) is 26.2 Å². The van der Waals surface area contributed by atoms with E-state index in [0.29, 0.717) is 26.2 Å². The molecule has 4 rings (SSSR count). The first-order valence-electron chi connectivity index (χ1n) is 11.2. The van der Waals surface area contributed by atoms with E-state index in [0.717, 1.165) is 43.2 Å². The summed E-state index contributed by atoms with van der Waals surface area (Å²) in [6, 6.07) is 8.52. The van der Waals surface area contributed by atoms with Gasteiger partial charge in [-0.15, -0.1) is 0 Å². The summed E-state index contributed by atoms with van der Waals surface area (Å²) in [6.07, 6.45) is -4.54. The van der Waals surface area contributed by atoms with E-state index in [2.05, 4.69) is 41.2 Å². The van der Waals surface area contributed by atoms with Gasteiger partial charge in [0.05, 0.1) is 25.5 Å². The molecule has 1 atom stereocenters. The van der Waals surface area contributed by atoms with Crippen molar-refractivity contribution in [3.63, 3.8) is 0 Å². The van der Waals surface area contributed by atoms with Gasteiger partial charge >= 0.3 is 12.1 Å². The van der Waals surface area contributed by atoms with Gasteiger partial charge < -0.3 is 19.3 Å². The van der Waals surface area contributed by atoms with Gasteiger partial charge in [0, 0.05) is 43.6 Å². The van der Waals surface area contributed by atoms with Crippen molar-refractivity contribution in [3.05, 3.63) is 52.4 Å². The molecule has 1 unspecified atom stereocenters. The average Bonchev–Trinajstić information content (AvgIpc) is 3.16. The van der Waals surface area contributed by atoms with Gasteiger partial charge in [-0.1, -0.05) is 29.4 Å². The molecule has 1 aromatic heterocycles. The molecule has 1 N–H and O–H groups in total. The van der Waals surface area contributed by atoms with Gasteiger partial charge in [-0.3, -0.25) is 9.69 Å². The first-order chi connectivity index (χ1) is 16.4. The van der Waals surface area contributed by atoms with Crippen LogP contribution in [0.1, 0.15) is 34.6 Å². The molecule has 3 heterocycles. The molecule has 0 saturated carbocycles. The number of alkyl halides is 3. The molecular weight excluding hydrogens is 467 g/mol. The Morgan fingerprint density at radius 2 is 1.86 bits per heavy atom. The Labute approximate surface area is 201 Å². The Morgan fingerprint density at radius 3 is 2.46 bits per heavy atom. The third kappa shape index (κ3) is 6.82. The van der Waals surface area contributed by atoms with Gasteiger partial charge in [0.15, 0.2) is 0 Å². The maximum Gasteiger partial charge on any atom is 0.490 e. The second-order valence-electron chi connectivity index (χ2n) is 9.22. The molecule has 1 amide bonds. The second kappa shape index (κ2) is 10.8. The number of aryl methyl sites for hydroxylation is 3. The molecule has 0 bridgehead atoms. The molecule has 8 nitrogen and oxygen atoms in total. The summed E-state index contributed by atoms with van der Waals surface area (Å²) >= 11 is 0. The van der Waals surface area contributed by atoms with Crippen LogP contribution in [0.3, 0.4) is 0 Å². The number of likely N-dealkylation sites (tertiary alicyclic amines) is 1. The van der Waals surface area contributed by atoms with Gasteiger partial charge in [0.1, 0.15) is 5.76 Å². The second-order valence-corrected chi connectivity index (χ2v) is 9.22. The highest BCUT2D eigenvalue weighted by molar-refractivity contribution is 5.79. The predicted molar refractivity (Wildman–Crippen MR) is 119 cm³/mol. The Morgan fingerprint density at radius 1 is 1.17 bits per heavy atom. The van der Waals surface area contributed by atoms with Crippen LogP contribution in [0.5, 0.6) is 0 Å². The standard InChI is InChI=1S/C22H29N3O3.C2HF3O2/c1-16-6-4-5-7-19(16)11-24-8-9-27-15-22(13-24)10-21(26)25(14-22)12-20-17(2)23-28-18(20)3;3-2(4,5)1(6)7/h4-7H,8-15H2,1-3H3;(H,6,7). The molecule has 0 aliphatic carbocycles. The normalized spacial score (nSPS) is 21.1. The highest BCUT2D eigenvalue weighted by Gasteiger charge is 2.45. The monoisotopic (exact) mass is 497 g/mol. The summed E-state index contributed by atoms with van der Waals surface area (Å²) in [6.45, 7) is 11.3. The summed E-state index contributed by atoms with van der Waals surface area (Å²) in [7, 11) is 0. The molecule has 2 saturated heterocycles. The zero-order valence-electron chi connectivity index (χ0n) is 20.0. The molecule has 35 heavy (non-hydrogen) atoms. The van der Waals surface area contributed by atoms with Crippen molar-refractivity contribution in [1.29, 1.82) is 0 Å². The average molecular weight is 498 g/mol. The number of hydrogen-bond acceptors (Lipinski definition) is 6. The van der Waals surface area contributed by atoms with E-state index in [-0.39, 0.29) is 11.3 Å². The smallest absolute Gasteiger partial charge is 0.475 e. The Hall–Kier alpha value is -2.92. The molecule has 11 heteroatoms. The fourth-order valence-corrected chi connectivity index (χ4v) is 4.49. The van der Waals surface area contributed by atoms with Gasteiger partial charge in [0.2, 0.25) is 5.91 Å². The third-order valence-electron chi connectivity index (χ3n) is 6.35. The maximum absolute atomic E-state index is 12.8. The molecule has 1 aromatic carbocycles. The summed E-state index contributed by atoms with van der Waals surface area (Å²) in [5, 5.41) is 11.1. The molecular formula is C24H30F3N3O5. The fraction of sp³-hybridized carbons (Fsp3) is 0.542. The minimum absolute atomic E-state index is 0.144. The quantitative estimate of drug-likeness (QED) is 0.691. The highest BCUT2D eigenvalue weighted by atomic mass is 19.4. The number of hydrogen-bond donors (Lipinski definition) is 1. The van der Waals surface area contributed by atoms with E-state index in [1.165, 1.54) is 11.1 Å². The number of rotatable bonds is 4. The molecule has 1 spiro atoms. The molecule has 2 aliphatic heterocycles. The van der Waals surface area contributed by atoms with E-state index < -0.39 is 12.1 Å². The highest BCUT2D eigenvalue weighted by Crippen LogP contribution is 2.36. The van der Waals surface area contributed by atoms with Crippen molar-refractivity contribution >= 4 is 11.9 Å². The molecule has 0 radical (unpaired) electrons. The lowest BCUT2D eigenvalue weighted by Crippen LogP contribution is -2.40. The minimum Gasteiger partial charge on any atom is -0.475 e. The van der Waals surface area contributed by atoms with Crippen LogP contribution in [-0.2, 0) is 27.4 Å². The van der Waals surface area contributed by atoms with E-state index in [4.69, 9.17) is 19.2 Å². The third-order valence-corrected chi connectivity index (χ3v) is 6.35. The lowest BCUT2D eigenvalue weighted by molar-refractivity contribution is -0.192. The van der Waals surface area contributed by atoms with E-state index in [9.17, 15) is 18.0 Å².